The highest BCUT2D eigenvalue weighted by atomic mass is 16.7. The Bertz CT molecular complexity index is 722. The first kappa shape index (κ1) is 15.0. The van der Waals surface area contributed by atoms with E-state index in [1.54, 1.807) is 12.1 Å². The molecular formula is C16H18O6. The van der Waals surface area contributed by atoms with Gasteiger partial charge >= 0.3 is 5.63 Å². The minimum atomic E-state index is -0.620. The van der Waals surface area contributed by atoms with Gasteiger partial charge in [0, 0.05) is 31.0 Å². The second kappa shape index (κ2) is 6.08. The Labute approximate surface area is 127 Å². The molecule has 6 heteroatoms. The third-order valence-corrected chi connectivity index (χ3v) is 3.79. The van der Waals surface area contributed by atoms with Crippen molar-refractivity contribution in [2.24, 2.45) is 0 Å². The highest BCUT2D eigenvalue weighted by molar-refractivity contribution is 5.81. The lowest BCUT2D eigenvalue weighted by molar-refractivity contribution is -0.124. The van der Waals surface area contributed by atoms with E-state index in [9.17, 15) is 9.90 Å². The van der Waals surface area contributed by atoms with Crippen LogP contribution in [0, 0.1) is 6.92 Å². The molecule has 1 aromatic heterocycles. The second-order valence-electron chi connectivity index (χ2n) is 5.36. The number of aryl methyl sites for hydroxylation is 1. The first-order valence-corrected chi connectivity index (χ1v) is 7.10. The van der Waals surface area contributed by atoms with Gasteiger partial charge in [0.15, 0.2) is 6.29 Å². The first-order valence-electron chi connectivity index (χ1n) is 7.10. The molecule has 0 radical (unpaired) electrons. The molecule has 3 atom stereocenters. The van der Waals surface area contributed by atoms with Crippen molar-refractivity contribution in [3.05, 3.63) is 40.2 Å². The van der Waals surface area contributed by atoms with E-state index in [0.29, 0.717) is 17.8 Å². The van der Waals surface area contributed by atoms with Crippen LogP contribution in [-0.2, 0) is 9.47 Å². The normalized spacial score (nSPS) is 24.8. The highest BCUT2D eigenvalue weighted by Gasteiger charge is 2.34. The second-order valence-corrected chi connectivity index (χ2v) is 5.36. The van der Waals surface area contributed by atoms with Gasteiger partial charge < -0.3 is 23.7 Å². The molecule has 1 aliphatic rings. The molecular weight excluding hydrogens is 288 g/mol. The average Bonchev–Trinajstić information content (AvgIpc) is 2.85. The fraction of sp³-hybridized carbons (Fsp3) is 0.438. The van der Waals surface area contributed by atoms with Crippen molar-refractivity contribution in [3.63, 3.8) is 0 Å². The first-order chi connectivity index (χ1) is 10.6. The fourth-order valence-electron chi connectivity index (χ4n) is 2.57. The molecule has 3 rings (SSSR count). The molecule has 1 aliphatic heterocycles. The van der Waals surface area contributed by atoms with E-state index in [2.05, 4.69) is 0 Å². The predicted octanol–water partition coefficient (Wildman–Crippen LogP) is 1.60. The van der Waals surface area contributed by atoms with Gasteiger partial charge in [-0.1, -0.05) is 0 Å². The van der Waals surface area contributed by atoms with Crippen molar-refractivity contribution in [3.8, 4) is 5.75 Å². The van der Waals surface area contributed by atoms with Crippen LogP contribution >= 0.6 is 0 Å². The van der Waals surface area contributed by atoms with E-state index in [-0.39, 0.29) is 12.2 Å². The van der Waals surface area contributed by atoms with Crippen LogP contribution in [0.15, 0.2) is 33.5 Å². The van der Waals surface area contributed by atoms with Gasteiger partial charge in [0.2, 0.25) is 0 Å². The van der Waals surface area contributed by atoms with Gasteiger partial charge in [0.1, 0.15) is 24.0 Å². The van der Waals surface area contributed by atoms with E-state index >= 15 is 0 Å². The smallest absolute Gasteiger partial charge is 0.336 e. The molecule has 0 aliphatic carbocycles. The van der Waals surface area contributed by atoms with Gasteiger partial charge in [0.05, 0.1) is 6.10 Å². The summed E-state index contributed by atoms with van der Waals surface area (Å²) in [5.41, 5.74) is 0.945. The fourth-order valence-corrected chi connectivity index (χ4v) is 2.57. The van der Waals surface area contributed by atoms with Crippen molar-refractivity contribution >= 4 is 11.0 Å². The number of rotatable bonds is 4. The largest absolute Gasteiger partial charge is 0.491 e. The Morgan fingerprint density at radius 1 is 1.36 bits per heavy atom. The zero-order chi connectivity index (χ0) is 15.7. The van der Waals surface area contributed by atoms with Crippen LogP contribution in [0.25, 0.3) is 11.0 Å². The Morgan fingerprint density at radius 2 is 2.18 bits per heavy atom. The molecule has 1 N–H and O–H groups in total. The predicted molar refractivity (Wildman–Crippen MR) is 79.0 cm³/mol. The Hall–Kier alpha value is -1.89. The maximum Gasteiger partial charge on any atom is 0.336 e. The molecule has 0 bridgehead atoms. The van der Waals surface area contributed by atoms with Gasteiger partial charge in [0.25, 0.3) is 0 Å². The maximum absolute atomic E-state index is 11.4. The van der Waals surface area contributed by atoms with Gasteiger partial charge in [-0.3, -0.25) is 0 Å². The monoisotopic (exact) mass is 306 g/mol. The van der Waals surface area contributed by atoms with Gasteiger partial charge in [-0.2, -0.15) is 0 Å². The zero-order valence-electron chi connectivity index (χ0n) is 12.4. The van der Waals surface area contributed by atoms with Crippen molar-refractivity contribution < 1.29 is 23.7 Å². The van der Waals surface area contributed by atoms with Crippen molar-refractivity contribution in [2.75, 3.05) is 13.7 Å². The summed E-state index contributed by atoms with van der Waals surface area (Å²) in [6, 6.07) is 6.76. The van der Waals surface area contributed by atoms with E-state index in [1.165, 1.54) is 13.2 Å². The summed E-state index contributed by atoms with van der Waals surface area (Å²) in [7, 11) is 1.54. The standard InChI is InChI=1S/C16H18O6/c1-9-5-15(18)21-13-6-10(3-4-11(9)13)20-8-14-12(17)7-16(19-2)22-14/h3-6,12,14,16-17H,7-8H2,1-2H3/t12-,14+,16?/m0/s1. The third kappa shape index (κ3) is 2.99. The Balaban J connectivity index is 1.73. The van der Waals surface area contributed by atoms with Gasteiger partial charge in [-0.05, 0) is 24.6 Å². The Morgan fingerprint density at radius 3 is 2.91 bits per heavy atom. The molecule has 0 spiro atoms. The zero-order valence-corrected chi connectivity index (χ0v) is 12.4. The molecule has 0 amide bonds. The molecule has 0 saturated carbocycles. The number of methoxy groups -OCH3 is 1. The maximum atomic E-state index is 11.4. The van der Waals surface area contributed by atoms with Gasteiger partial charge in [-0.15, -0.1) is 0 Å². The molecule has 22 heavy (non-hydrogen) atoms. The lowest BCUT2D eigenvalue weighted by atomic mass is 10.1. The summed E-state index contributed by atoms with van der Waals surface area (Å²) >= 11 is 0. The number of ether oxygens (including phenoxy) is 3. The number of aliphatic hydroxyl groups is 1. The lowest BCUT2D eigenvalue weighted by Gasteiger charge is -2.15. The molecule has 2 heterocycles. The lowest BCUT2D eigenvalue weighted by Crippen LogP contribution is -2.28. The van der Waals surface area contributed by atoms with Crippen LogP contribution in [0.4, 0.5) is 0 Å². The van der Waals surface area contributed by atoms with Crippen LogP contribution in [0.2, 0.25) is 0 Å². The van der Waals surface area contributed by atoms with E-state index in [0.717, 1.165) is 10.9 Å². The average molecular weight is 306 g/mol. The highest BCUT2D eigenvalue weighted by Crippen LogP contribution is 2.25. The molecule has 1 unspecified atom stereocenters. The summed E-state index contributed by atoms with van der Waals surface area (Å²) in [6.07, 6.45) is -1.03. The van der Waals surface area contributed by atoms with Crippen LogP contribution in [0.1, 0.15) is 12.0 Å². The molecule has 6 nitrogen and oxygen atoms in total. The molecule has 1 saturated heterocycles. The van der Waals surface area contributed by atoms with Crippen LogP contribution < -0.4 is 10.4 Å². The molecule has 118 valence electrons. The van der Waals surface area contributed by atoms with Crippen molar-refractivity contribution in [1.82, 2.24) is 0 Å². The van der Waals surface area contributed by atoms with Gasteiger partial charge in [-0.25, -0.2) is 4.79 Å². The minimum absolute atomic E-state index is 0.197. The van der Waals surface area contributed by atoms with Crippen molar-refractivity contribution in [1.29, 1.82) is 0 Å². The van der Waals surface area contributed by atoms with Crippen molar-refractivity contribution in [2.45, 2.75) is 31.8 Å². The summed E-state index contributed by atoms with van der Waals surface area (Å²) in [5.74, 6) is 0.554. The van der Waals surface area contributed by atoms with E-state index in [4.69, 9.17) is 18.6 Å². The number of hydrogen-bond donors (Lipinski definition) is 1. The Kier molecular flexibility index (Phi) is 4.15. The summed E-state index contributed by atoms with van der Waals surface area (Å²) < 4.78 is 21.4. The number of hydrogen-bond acceptors (Lipinski definition) is 6. The third-order valence-electron chi connectivity index (χ3n) is 3.79. The minimum Gasteiger partial charge on any atom is -0.491 e. The van der Waals surface area contributed by atoms with E-state index in [1.807, 2.05) is 13.0 Å². The van der Waals surface area contributed by atoms with Crippen LogP contribution in [0.5, 0.6) is 5.75 Å². The molecule has 2 aromatic rings. The number of benzene rings is 1. The summed E-state index contributed by atoms with van der Waals surface area (Å²) in [4.78, 5) is 11.4. The molecule has 1 fully saturated rings. The quantitative estimate of drug-likeness (QED) is 0.865. The molecule has 1 aromatic carbocycles. The van der Waals surface area contributed by atoms with E-state index < -0.39 is 18.5 Å². The number of aliphatic hydroxyl groups excluding tert-OH is 1. The van der Waals surface area contributed by atoms with Crippen LogP contribution in [-0.4, -0.2) is 37.3 Å². The SMILES string of the molecule is COC1C[C@H](O)[C@@H](COc2ccc3c(C)cc(=O)oc3c2)O1. The topological polar surface area (TPSA) is 78.1 Å². The summed E-state index contributed by atoms with van der Waals surface area (Å²) in [5, 5.41) is 10.7. The summed E-state index contributed by atoms with van der Waals surface area (Å²) in [6.45, 7) is 2.05. The number of fused-ring (bicyclic) bond motifs is 1. The van der Waals surface area contributed by atoms with Crippen LogP contribution in [0.3, 0.4) is 0 Å².